The molecule has 0 spiro atoms. The topological polar surface area (TPSA) is 38.0 Å². The molecule has 0 amide bonds. The Morgan fingerprint density at radius 3 is 2.50 bits per heavy atom. The number of nitrogens with one attached hydrogen (secondary N) is 1. The predicted octanol–water partition coefficient (Wildman–Crippen LogP) is 4.19. The van der Waals surface area contributed by atoms with E-state index in [1.807, 2.05) is 25.1 Å². The summed E-state index contributed by atoms with van der Waals surface area (Å²) in [5, 5.41) is 1.11. The number of aryl methyl sites for hydroxylation is 1. The van der Waals surface area contributed by atoms with Crippen LogP contribution in [0.25, 0.3) is 0 Å². The van der Waals surface area contributed by atoms with Gasteiger partial charge in [-0.15, -0.1) is 0 Å². The molecule has 0 aliphatic rings. The first kappa shape index (κ1) is 15.3. The fraction of sp³-hybridized carbons (Fsp3) is 0.200. The maximum atomic E-state index is 13.0. The molecular weight excluding hydrogens is 298 g/mol. The maximum Gasteiger partial charge on any atom is 0.124 e. The van der Waals surface area contributed by atoms with Crippen LogP contribution in [0.3, 0.4) is 0 Å². The van der Waals surface area contributed by atoms with Gasteiger partial charge in [-0.25, -0.2) is 4.39 Å². The summed E-state index contributed by atoms with van der Waals surface area (Å²) in [6, 6.07) is 9.98. The van der Waals surface area contributed by atoms with Gasteiger partial charge in [0.2, 0.25) is 0 Å². The third kappa shape index (κ3) is 3.49. The average molecular weight is 313 g/mol. The van der Waals surface area contributed by atoms with Crippen LogP contribution >= 0.6 is 23.2 Å². The largest absolute Gasteiger partial charge is 0.271 e. The molecule has 2 nitrogen and oxygen atoms in total. The molecule has 0 saturated carbocycles. The summed E-state index contributed by atoms with van der Waals surface area (Å²) in [5.74, 6) is 5.27. The Bertz CT molecular complexity index is 617. The van der Waals surface area contributed by atoms with Gasteiger partial charge in [0, 0.05) is 10.0 Å². The Kier molecular flexibility index (Phi) is 5.00. The fourth-order valence-corrected chi connectivity index (χ4v) is 2.43. The lowest BCUT2D eigenvalue weighted by atomic mass is 9.98. The number of hydrazine groups is 1. The molecule has 20 heavy (non-hydrogen) atoms. The number of hydrogen-bond acceptors (Lipinski definition) is 2. The summed E-state index contributed by atoms with van der Waals surface area (Å²) in [7, 11) is 0. The summed E-state index contributed by atoms with van der Waals surface area (Å²) in [6.07, 6.45) is 0.566. The second kappa shape index (κ2) is 6.55. The van der Waals surface area contributed by atoms with Crippen molar-refractivity contribution in [2.45, 2.75) is 19.4 Å². The van der Waals surface area contributed by atoms with Crippen LogP contribution in [0.4, 0.5) is 4.39 Å². The molecule has 1 unspecified atom stereocenters. The average Bonchev–Trinajstić information content (AvgIpc) is 2.41. The zero-order chi connectivity index (χ0) is 14.7. The van der Waals surface area contributed by atoms with Gasteiger partial charge in [-0.05, 0) is 48.2 Å². The fourth-order valence-electron chi connectivity index (χ4n) is 2.06. The SMILES string of the molecule is Cc1cc(C(Cc2ccc(F)cc2Cl)NN)ccc1Cl. The van der Waals surface area contributed by atoms with E-state index in [0.717, 1.165) is 16.7 Å². The van der Waals surface area contributed by atoms with Crippen LogP contribution in [0.2, 0.25) is 10.0 Å². The number of nitrogens with two attached hydrogens (primary N) is 1. The van der Waals surface area contributed by atoms with Crippen molar-refractivity contribution in [3.05, 3.63) is 69.0 Å². The number of hydrogen-bond donors (Lipinski definition) is 2. The van der Waals surface area contributed by atoms with Gasteiger partial charge in [-0.2, -0.15) is 0 Å². The van der Waals surface area contributed by atoms with Crippen molar-refractivity contribution in [3.8, 4) is 0 Å². The molecule has 0 radical (unpaired) electrons. The Balaban J connectivity index is 2.26. The van der Waals surface area contributed by atoms with Crippen molar-refractivity contribution >= 4 is 23.2 Å². The van der Waals surface area contributed by atoms with E-state index in [0.29, 0.717) is 16.5 Å². The number of rotatable bonds is 4. The predicted molar refractivity (Wildman–Crippen MR) is 81.4 cm³/mol. The van der Waals surface area contributed by atoms with Gasteiger partial charge in [-0.3, -0.25) is 11.3 Å². The highest BCUT2D eigenvalue weighted by atomic mass is 35.5. The van der Waals surface area contributed by atoms with Crippen molar-refractivity contribution in [2.24, 2.45) is 5.84 Å². The van der Waals surface area contributed by atoms with E-state index in [1.54, 1.807) is 6.07 Å². The number of benzene rings is 2. The summed E-state index contributed by atoms with van der Waals surface area (Å²) in [5.41, 5.74) is 5.59. The van der Waals surface area contributed by atoms with Gasteiger partial charge in [0.1, 0.15) is 5.82 Å². The molecule has 0 saturated heterocycles. The molecule has 106 valence electrons. The Labute approximate surface area is 127 Å². The van der Waals surface area contributed by atoms with Crippen molar-refractivity contribution in [1.29, 1.82) is 0 Å². The highest BCUT2D eigenvalue weighted by Gasteiger charge is 2.14. The molecule has 0 heterocycles. The van der Waals surface area contributed by atoms with Crippen molar-refractivity contribution in [1.82, 2.24) is 5.43 Å². The molecule has 2 rings (SSSR count). The molecule has 2 aromatic carbocycles. The molecule has 0 aliphatic heterocycles. The van der Waals surface area contributed by atoms with Crippen LogP contribution < -0.4 is 11.3 Å². The standard InChI is InChI=1S/C15H15Cl2FN2/c1-9-6-11(3-5-13(9)16)15(20-19)7-10-2-4-12(18)8-14(10)17/h2-6,8,15,20H,7,19H2,1H3. The second-order valence-electron chi connectivity index (χ2n) is 4.67. The Morgan fingerprint density at radius 1 is 1.15 bits per heavy atom. The van der Waals surface area contributed by atoms with Crippen LogP contribution in [0.5, 0.6) is 0 Å². The lowest BCUT2D eigenvalue weighted by Crippen LogP contribution is -2.29. The minimum absolute atomic E-state index is 0.117. The van der Waals surface area contributed by atoms with E-state index >= 15 is 0 Å². The van der Waals surface area contributed by atoms with Gasteiger partial charge >= 0.3 is 0 Å². The molecule has 1 atom stereocenters. The monoisotopic (exact) mass is 312 g/mol. The molecule has 3 N–H and O–H groups in total. The summed E-state index contributed by atoms with van der Waals surface area (Å²) >= 11 is 12.1. The van der Waals surface area contributed by atoms with E-state index in [4.69, 9.17) is 29.0 Å². The first-order valence-electron chi connectivity index (χ1n) is 6.17. The molecule has 2 aromatic rings. The minimum Gasteiger partial charge on any atom is -0.271 e. The smallest absolute Gasteiger partial charge is 0.124 e. The van der Waals surface area contributed by atoms with Crippen molar-refractivity contribution < 1.29 is 4.39 Å². The lowest BCUT2D eigenvalue weighted by Gasteiger charge is -2.18. The van der Waals surface area contributed by atoms with Gasteiger partial charge in [0.25, 0.3) is 0 Å². The molecule has 0 fully saturated rings. The highest BCUT2D eigenvalue weighted by Crippen LogP contribution is 2.26. The summed E-state index contributed by atoms with van der Waals surface area (Å²) < 4.78 is 13.0. The van der Waals surface area contributed by atoms with Crippen molar-refractivity contribution in [2.75, 3.05) is 0 Å². The molecule has 5 heteroatoms. The zero-order valence-corrected chi connectivity index (χ0v) is 12.5. The van der Waals surface area contributed by atoms with Gasteiger partial charge in [-0.1, -0.05) is 41.4 Å². The van der Waals surface area contributed by atoms with E-state index in [-0.39, 0.29) is 11.9 Å². The van der Waals surface area contributed by atoms with Crippen molar-refractivity contribution in [3.63, 3.8) is 0 Å². The highest BCUT2D eigenvalue weighted by molar-refractivity contribution is 6.31. The first-order valence-corrected chi connectivity index (χ1v) is 6.93. The Hall–Kier alpha value is -1.13. The third-order valence-electron chi connectivity index (χ3n) is 3.22. The van der Waals surface area contributed by atoms with E-state index in [2.05, 4.69) is 5.43 Å². The van der Waals surface area contributed by atoms with E-state index in [9.17, 15) is 4.39 Å². The quantitative estimate of drug-likeness (QED) is 0.656. The molecule has 0 bridgehead atoms. The normalized spacial score (nSPS) is 12.4. The van der Waals surface area contributed by atoms with Crippen LogP contribution in [0.1, 0.15) is 22.7 Å². The number of halogens is 3. The van der Waals surface area contributed by atoms with E-state index < -0.39 is 0 Å². The molecular formula is C15H15Cl2FN2. The van der Waals surface area contributed by atoms with Gasteiger partial charge in [0.05, 0.1) is 6.04 Å². The minimum atomic E-state index is -0.349. The zero-order valence-electron chi connectivity index (χ0n) is 11.0. The van der Waals surface area contributed by atoms with Crippen LogP contribution in [0, 0.1) is 12.7 Å². The van der Waals surface area contributed by atoms with Gasteiger partial charge in [0.15, 0.2) is 0 Å². The summed E-state index contributed by atoms with van der Waals surface area (Å²) in [4.78, 5) is 0. The van der Waals surface area contributed by atoms with Crippen LogP contribution in [-0.2, 0) is 6.42 Å². The lowest BCUT2D eigenvalue weighted by molar-refractivity contribution is 0.550. The molecule has 0 aromatic heterocycles. The second-order valence-corrected chi connectivity index (χ2v) is 5.48. The Morgan fingerprint density at radius 2 is 1.90 bits per heavy atom. The maximum absolute atomic E-state index is 13.0. The summed E-state index contributed by atoms with van der Waals surface area (Å²) in [6.45, 7) is 1.93. The van der Waals surface area contributed by atoms with Gasteiger partial charge < -0.3 is 0 Å². The van der Waals surface area contributed by atoms with E-state index in [1.165, 1.54) is 12.1 Å². The van der Waals surface area contributed by atoms with Crippen LogP contribution in [0.15, 0.2) is 36.4 Å². The first-order chi connectivity index (χ1) is 9.51. The molecule has 0 aliphatic carbocycles. The third-order valence-corrected chi connectivity index (χ3v) is 4.00. The van der Waals surface area contributed by atoms with Crippen LogP contribution in [-0.4, -0.2) is 0 Å².